The lowest BCUT2D eigenvalue weighted by Gasteiger charge is -2.40. The summed E-state index contributed by atoms with van der Waals surface area (Å²) in [5.41, 5.74) is 5.38. The minimum absolute atomic E-state index is 0.184. The SMILES string of the molecule is CSC1(CNC(=O)CCCCN)CCC1. The topological polar surface area (TPSA) is 55.1 Å². The molecular weight excluding hydrogens is 208 g/mol. The molecule has 0 atom stereocenters. The summed E-state index contributed by atoms with van der Waals surface area (Å²) in [6.07, 6.45) is 8.43. The van der Waals surface area contributed by atoms with Crippen LogP contribution in [0, 0.1) is 0 Å². The first-order chi connectivity index (χ1) is 7.22. The highest BCUT2D eigenvalue weighted by atomic mass is 32.2. The predicted molar refractivity (Wildman–Crippen MR) is 66.0 cm³/mol. The number of hydrogen-bond acceptors (Lipinski definition) is 3. The van der Waals surface area contributed by atoms with Crippen molar-refractivity contribution < 1.29 is 4.79 Å². The van der Waals surface area contributed by atoms with Gasteiger partial charge in [-0.1, -0.05) is 6.42 Å². The summed E-state index contributed by atoms with van der Waals surface area (Å²) < 4.78 is 0.351. The minimum Gasteiger partial charge on any atom is -0.355 e. The van der Waals surface area contributed by atoms with Crippen LogP contribution in [0.5, 0.6) is 0 Å². The van der Waals surface area contributed by atoms with Crippen molar-refractivity contribution in [3.05, 3.63) is 0 Å². The molecule has 0 unspecified atom stereocenters. The smallest absolute Gasteiger partial charge is 0.220 e. The molecule has 15 heavy (non-hydrogen) atoms. The molecule has 1 saturated carbocycles. The van der Waals surface area contributed by atoms with Crippen LogP contribution in [0.25, 0.3) is 0 Å². The Kier molecular flexibility index (Phi) is 5.47. The zero-order chi connectivity index (χ0) is 11.1. The van der Waals surface area contributed by atoms with E-state index in [9.17, 15) is 4.79 Å². The van der Waals surface area contributed by atoms with E-state index in [0.29, 0.717) is 17.7 Å². The van der Waals surface area contributed by atoms with Crippen molar-refractivity contribution in [1.82, 2.24) is 5.32 Å². The lowest BCUT2D eigenvalue weighted by molar-refractivity contribution is -0.121. The van der Waals surface area contributed by atoms with Gasteiger partial charge in [-0.2, -0.15) is 11.8 Å². The number of nitrogens with one attached hydrogen (secondary N) is 1. The van der Waals surface area contributed by atoms with Gasteiger partial charge in [0, 0.05) is 17.7 Å². The Morgan fingerprint density at radius 1 is 1.47 bits per heavy atom. The fourth-order valence-corrected chi connectivity index (χ4v) is 2.72. The van der Waals surface area contributed by atoms with Crippen molar-refractivity contribution in [3.8, 4) is 0 Å². The highest BCUT2D eigenvalue weighted by molar-refractivity contribution is 8.00. The zero-order valence-electron chi connectivity index (χ0n) is 9.55. The Balaban J connectivity index is 2.10. The summed E-state index contributed by atoms with van der Waals surface area (Å²) in [7, 11) is 0. The Labute approximate surface area is 96.6 Å². The van der Waals surface area contributed by atoms with Crippen molar-refractivity contribution in [2.45, 2.75) is 43.3 Å². The zero-order valence-corrected chi connectivity index (χ0v) is 10.4. The van der Waals surface area contributed by atoms with Crippen LogP contribution in [-0.4, -0.2) is 30.0 Å². The Morgan fingerprint density at radius 3 is 2.67 bits per heavy atom. The largest absolute Gasteiger partial charge is 0.355 e. The molecule has 1 amide bonds. The number of unbranched alkanes of at least 4 members (excludes halogenated alkanes) is 1. The monoisotopic (exact) mass is 230 g/mol. The number of carbonyl (C=O) groups is 1. The molecule has 0 saturated heterocycles. The van der Waals surface area contributed by atoms with Gasteiger partial charge in [0.1, 0.15) is 0 Å². The van der Waals surface area contributed by atoms with Gasteiger partial charge in [-0.3, -0.25) is 4.79 Å². The minimum atomic E-state index is 0.184. The lowest BCUT2D eigenvalue weighted by Crippen LogP contribution is -2.45. The van der Waals surface area contributed by atoms with E-state index in [1.54, 1.807) is 0 Å². The number of rotatable bonds is 7. The van der Waals surface area contributed by atoms with Crippen LogP contribution >= 0.6 is 11.8 Å². The van der Waals surface area contributed by atoms with Crippen LogP contribution in [-0.2, 0) is 4.79 Å². The molecule has 0 aliphatic heterocycles. The third-order valence-electron chi connectivity index (χ3n) is 3.16. The Morgan fingerprint density at radius 2 is 2.20 bits per heavy atom. The number of amides is 1. The summed E-state index contributed by atoms with van der Waals surface area (Å²) >= 11 is 1.89. The van der Waals surface area contributed by atoms with Gasteiger partial charge >= 0.3 is 0 Å². The van der Waals surface area contributed by atoms with Gasteiger partial charge in [0.2, 0.25) is 5.91 Å². The molecule has 0 bridgehead atoms. The second-order valence-electron chi connectivity index (χ2n) is 4.26. The third-order valence-corrected chi connectivity index (χ3v) is 4.58. The van der Waals surface area contributed by atoms with Gasteiger partial charge < -0.3 is 11.1 Å². The first kappa shape index (κ1) is 12.8. The molecule has 0 aromatic rings. The van der Waals surface area contributed by atoms with Gasteiger partial charge in [0.15, 0.2) is 0 Å². The molecule has 88 valence electrons. The van der Waals surface area contributed by atoms with E-state index in [1.165, 1.54) is 19.3 Å². The third kappa shape index (κ3) is 4.03. The van der Waals surface area contributed by atoms with Crippen molar-refractivity contribution in [1.29, 1.82) is 0 Å². The van der Waals surface area contributed by atoms with Crippen LogP contribution in [0.4, 0.5) is 0 Å². The van der Waals surface area contributed by atoms with E-state index in [0.717, 1.165) is 19.4 Å². The molecule has 0 aromatic carbocycles. The maximum Gasteiger partial charge on any atom is 0.220 e. The van der Waals surface area contributed by atoms with Crippen molar-refractivity contribution >= 4 is 17.7 Å². The van der Waals surface area contributed by atoms with Crippen molar-refractivity contribution in [3.63, 3.8) is 0 Å². The fraction of sp³-hybridized carbons (Fsp3) is 0.909. The molecule has 1 fully saturated rings. The number of hydrogen-bond donors (Lipinski definition) is 2. The van der Waals surface area contributed by atoms with E-state index in [2.05, 4.69) is 11.6 Å². The van der Waals surface area contributed by atoms with Gasteiger partial charge in [-0.15, -0.1) is 0 Å². The molecule has 1 aliphatic carbocycles. The first-order valence-corrected chi connectivity index (χ1v) is 6.97. The van der Waals surface area contributed by atoms with E-state index in [1.807, 2.05) is 11.8 Å². The average molecular weight is 230 g/mol. The number of carbonyl (C=O) groups excluding carboxylic acids is 1. The highest BCUT2D eigenvalue weighted by Crippen LogP contribution is 2.42. The molecule has 0 aromatic heterocycles. The van der Waals surface area contributed by atoms with E-state index < -0.39 is 0 Å². The van der Waals surface area contributed by atoms with Gasteiger partial charge in [-0.25, -0.2) is 0 Å². The standard InChI is InChI=1S/C11H22N2OS/c1-15-11(6-4-7-11)9-13-10(14)5-2-3-8-12/h2-9,12H2,1H3,(H,13,14). The Hall–Kier alpha value is -0.220. The summed E-state index contributed by atoms with van der Waals surface area (Å²) in [5.74, 6) is 0.184. The summed E-state index contributed by atoms with van der Waals surface area (Å²) in [5, 5.41) is 3.03. The summed E-state index contributed by atoms with van der Waals surface area (Å²) in [6, 6.07) is 0. The van der Waals surface area contributed by atoms with Crippen LogP contribution < -0.4 is 11.1 Å². The Bertz CT molecular complexity index is 199. The van der Waals surface area contributed by atoms with Crippen molar-refractivity contribution in [2.75, 3.05) is 19.3 Å². The summed E-state index contributed by atoms with van der Waals surface area (Å²) in [4.78, 5) is 11.5. The first-order valence-electron chi connectivity index (χ1n) is 5.74. The van der Waals surface area contributed by atoms with Crippen LogP contribution in [0.1, 0.15) is 38.5 Å². The van der Waals surface area contributed by atoms with Gasteiger partial charge in [0.25, 0.3) is 0 Å². The fourth-order valence-electron chi connectivity index (χ4n) is 1.80. The van der Waals surface area contributed by atoms with Gasteiger partial charge in [0.05, 0.1) is 0 Å². The quantitative estimate of drug-likeness (QED) is 0.652. The predicted octanol–water partition coefficient (Wildman–Crippen LogP) is 1.52. The lowest BCUT2D eigenvalue weighted by atomic mass is 9.84. The summed E-state index contributed by atoms with van der Waals surface area (Å²) in [6.45, 7) is 1.53. The molecule has 3 N–H and O–H groups in total. The van der Waals surface area contributed by atoms with Gasteiger partial charge in [-0.05, 0) is 38.5 Å². The normalized spacial score (nSPS) is 18.3. The molecule has 1 aliphatic rings. The van der Waals surface area contributed by atoms with Crippen LogP contribution in [0.2, 0.25) is 0 Å². The number of thioether (sulfide) groups is 1. The molecule has 0 heterocycles. The van der Waals surface area contributed by atoms with Crippen LogP contribution in [0.3, 0.4) is 0 Å². The van der Waals surface area contributed by atoms with Crippen LogP contribution in [0.15, 0.2) is 0 Å². The molecule has 0 radical (unpaired) electrons. The van der Waals surface area contributed by atoms with E-state index >= 15 is 0 Å². The second-order valence-corrected chi connectivity index (χ2v) is 5.54. The molecular formula is C11H22N2OS. The molecule has 1 rings (SSSR count). The molecule has 0 spiro atoms. The molecule has 4 heteroatoms. The highest BCUT2D eigenvalue weighted by Gasteiger charge is 2.36. The van der Waals surface area contributed by atoms with Crippen molar-refractivity contribution in [2.24, 2.45) is 5.73 Å². The van der Waals surface area contributed by atoms with E-state index in [-0.39, 0.29) is 5.91 Å². The number of nitrogens with two attached hydrogens (primary N) is 1. The second kappa shape index (κ2) is 6.38. The molecule has 3 nitrogen and oxygen atoms in total. The maximum absolute atomic E-state index is 11.5. The average Bonchev–Trinajstić information content (AvgIpc) is 2.17. The van der Waals surface area contributed by atoms with E-state index in [4.69, 9.17) is 5.73 Å². The maximum atomic E-state index is 11.5.